The van der Waals surface area contributed by atoms with Crippen LogP contribution in [0.25, 0.3) is 0 Å². The maximum absolute atomic E-state index is 11.7. The molecule has 4 unspecified atom stereocenters. The van der Waals surface area contributed by atoms with Gasteiger partial charge in [-0.05, 0) is 0 Å². The largest absolute Gasteiger partial charge is 0.790 e. The molecule has 53 heteroatoms. The van der Waals surface area contributed by atoms with Crippen LogP contribution in [0.3, 0.4) is 0 Å². The second-order valence-electron chi connectivity index (χ2n) is 12.5. The lowest BCUT2D eigenvalue weighted by Gasteiger charge is -2.56. The minimum Gasteiger partial charge on any atom is -0.790 e. The highest BCUT2D eigenvalue weighted by Crippen LogP contribution is 2.52. The highest BCUT2D eigenvalue weighted by molar-refractivity contribution is 7.45. The van der Waals surface area contributed by atoms with Gasteiger partial charge in [-0.25, -0.2) is 0 Å². The first kappa shape index (κ1) is 66.1. The van der Waals surface area contributed by atoms with Crippen LogP contribution in [-0.4, -0.2) is 99.7 Å². The van der Waals surface area contributed by atoms with Crippen molar-refractivity contribution in [3.63, 3.8) is 0 Å². The second-order valence-corrected chi connectivity index (χ2v) is 23.5. The van der Waals surface area contributed by atoms with E-state index in [2.05, 4.69) is 45.2 Å². The molecule has 0 heterocycles. The van der Waals surface area contributed by atoms with Crippen molar-refractivity contribution in [3.8, 4) is 0 Å². The van der Waals surface area contributed by atoms with Crippen molar-refractivity contribution in [2.45, 2.75) is 73.2 Å². The summed E-state index contributed by atoms with van der Waals surface area (Å²) in [6.07, 6.45) is -42.1. The Labute approximate surface area is 380 Å². The van der Waals surface area contributed by atoms with Crippen LogP contribution >= 0.6 is 78.2 Å². The minimum absolute atomic E-state index is 1.31. The number of phosphoric acid groups is 10. The van der Waals surface area contributed by atoms with Crippen LogP contribution < -0.4 is 97.9 Å². The van der Waals surface area contributed by atoms with Crippen LogP contribution in [0.4, 0.5) is 0 Å². The Bertz CT molecular complexity index is 1920. The molecule has 12 atom stereocenters. The van der Waals surface area contributed by atoms with E-state index in [1.165, 1.54) is 0 Å². The summed E-state index contributed by atoms with van der Waals surface area (Å²) in [6.45, 7) is -5.64. The molecule has 0 aromatic rings. The first-order valence-corrected chi connectivity index (χ1v) is 30.9. The van der Waals surface area contributed by atoms with E-state index in [1.54, 1.807) is 0 Å². The highest BCUT2D eigenvalue weighted by atomic mass is 31.2. The zero-order valence-corrected chi connectivity index (χ0v) is 40.7. The maximum Gasteiger partial charge on any atom is 0.121 e. The quantitative estimate of drug-likeness (QED) is 0.0518. The Morgan fingerprint density at radius 1 is 0.203 bits per heavy atom. The smallest absolute Gasteiger partial charge is 0.121 e. The third kappa shape index (κ3) is 26.1. The summed E-state index contributed by atoms with van der Waals surface area (Å²) < 4.78 is 170. The van der Waals surface area contributed by atoms with Crippen LogP contribution in [0, 0.1) is 0 Å². The molecule has 2 aliphatic rings. The molecule has 2 rings (SSSR count). The van der Waals surface area contributed by atoms with Gasteiger partial charge in [0.25, 0.3) is 0 Å². The minimum atomic E-state index is -6.85. The maximum atomic E-state index is 11.7. The van der Waals surface area contributed by atoms with Gasteiger partial charge in [-0.1, -0.05) is 0 Å². The van der Waals surface area contributed by atoms with Crippen molar-refractivity contribution in [2.24, 2.45) is 0 Å². The van der Waals surface area contributed by atoms with E-state index in [0.717, 1.165) is 0 Å². The van der Waals surface area contributed by atoms with Crippen molar-refractivity contribution in [3.05, 3.63) is 0 Å². The van der Waals surface area contributed by atoms with E-state index >= 15 is 0 Å². The summed E-state index contributed by atoms with van der Waals surface area (Å²) in [5.41, 5.74) is 0. The topological polar surface area (TPSA) is 752 Å². The Balaban J connectivity index is 2.65. The van der Waals surface area contributed by atoms with E-state index in [1.807, 2.05) is 0 Å². The fourth-order valence-electron chi connectivity index (χ4n) is 5.90. The molecule has 0 aliphatic heterocycles. The molecular formula is C16H20O43P10-20. The summed E-state index contributed by atoms with van der Waals surface area (Å²) in [5, 5.41) is 0. The number of hydrogen-bond donors (Lipinski definition) is 0. The van der Waals surface area contributed by atoms with Gasteiger partial charge >= 0.3 is 0 Å². The van der Waals surface area contributed by atoms with Crippen molar-refractivity contribution >= 4 is 78.2 Å². The summed E-state index contributed by atoms with van der Waals surface area (Å²) in [4.78, 5) is 232. The van der Waals surface area contributed by atoms with E-state index < -0.39 is 178 Å². The molecule has 43 nitrogen and oxygen atoms in total. The number of phosphoric ester groups is 10. The highest BCUT2D eigenvalue weighted by Gasteiger charge is 2.58. The lowest BCUT2D eigenvalue weighted by atomic mass is 9.85. The van der Waals surface area contributed by atoms with Gasteiger partial charge < -0.3 is 203 Å². The second kappa shape index (κ2) is 24.5. The van der Waals surface area contributed by atoms with Gasteiger partial charge in [0.15, 0.2) is 0 Å². The lowest BCUT2D eigenvalue weighted by molar-refractivity contribution is -0.385. The average molecular weight is 1210 g/mol. The van der Waals surface area contributed by atoms with E-state index in [9.17, 15) is 144 Å². The fourth-order valence-corrected chi connectivity index (χ4v) is 11.3. The Kier molecular flexibility index (Phi) is 23.5. The molecule has 0 bridgehead atoms. The molecule has 69 heavy (non-hydrogen) atoms. The zero-order valence-electron chi connectivity index (χ0n) is 31.8. The van der Waals surface area contributed by atoms with Gasteiger partial charge in [-0.3, -0.25) is 0 Å². The van der Waals surface area contributed by atoms with Gasteiger partial charge in [0.05, 0.1) is 105 Å². The molecule has 2 fully saturated rings. The molecule has 0 aromatic carbocycles. The number of rotatable bonds is 28. The predicted octanol–water partition coefficient (Wildman–Crippen LogP) is -18.1. The van der Waals surface area contributed by atoms with Crippen molar-refractivity contribution in [1.82, 2.24) is 0 Å². The Morgan fingerprint density at radius 2 is 0.319 bits per heavy atom. The van der Waals surface area contributed by atoms with Gasteiger partial charge in [0, 0.05) is 0 Å². The first-order chi connectivity index (χ1) is 30.4. The molecule has 0 radical (unpaired) electrons. The zero-order chi connectivity index (χ0) is 53.9. The third-order valence-electron chi connectivity index (χ3n) is 7.47. The predicted molar refractivity (Wildman–Crippen MR) is 155 cm³/mol. The first-order valence-electron chi connectivity index (χ1n) is 16.3. The lowest BCUT2D eigenvalue weighted by Crippen LogP contribution is -2.68. The molecule has 0 aromatic heterocycles. The number of ether oxygens (including phenoxy) is 3. The summed E-state index contributed by atoms with van der Waals surface area (Å²) >= 11 is 0. The van der Waals surface area contributed by atoms with E-state index in [0.29, 0.717) is 0 Å². The van der Waals surface area contributed by atoms with Crippen LogP contribution in [0.5, 0.6) is 0 Å². The van der Waals surface area contributed by atoms with Crippen molar-refractivity contribution in [1.29, 1.82) is 0 Å². The van der Waals surface area contributed by atoms with Crippen molar-refractivity contribution < 1.29 is 203 Å². The SMILES string of the molecule is O=P([O-])([O-])OC1[C@@H](OP(=O)([O-])[O-])[C@H](OP(=O)([O-])[O-])C(OCCOCCOC2[C@@H](OP(=O)([O-])[O-])[C@H](OP(=O)([O-])[O-])C(OP(=O)([O-])[O-])[C@H](OP(=O)([O-])[O-])[C@H]2OP(=O)([O-])[O-])[C@H](OP(=O)([O-])[O-])[C@H]1OP(=O)([O-])[O-]. The van der Waals surface area contributed by atoms with Gasteiger partial charge in [0.2, 0.25) is 0 Å². The van der Waals surface area contributed by atoms with Crippen LogP contribution in [0.1, 0.15) is 0 Å². The molecule has 2 aliphatic carbocycles. The monoisotopic (exact) mass is 1210 g/mol. The molecular weight excluding hydrogens is 1190 g/mol. The fraction of sp³-hybridized carbons (Fsp3) is 1.00. The standard InChI is InChI=1S/C16H40O43P10/c17-60(18,19)50-7-5(8(51-61(20,21)22)12(55-65(32,33)34)15(58-68(41,42)43)11(7)54-64(29,30)31)48-3-1-47-2-4-49-6-9(52-62(23,24)25)13(56-66(35,36)37)16(59-69(44,45)46)14(57-67(38,39)40)10(6)53-63(26,27)28/h5-16H,1-4H2,(H2,17,18,19)(H2,20,21,22)(H2,23,24,25)(H2,26,27,28)(H2,29,30,31)(H2,32,33,34)(H2,35,36,37)(H2,38,39,40)(H2,41,42,43)(H2,44,45,46)/p-20/t5?,6?,7-,8+,9-,10+,11+,12-,13+,14-,15?,16?. The normalized spacial score (nSPS) is 29.9. The molecule has 0 saturated heterocycles. The van der Waals surface area contributed by atoms with Crippen LogP contribution in [0.15, 0.2) is 0 Å². The van der Waals surface area contributed by atoms with Crippen molar-refractivity contribution in [2.75, 3.05) is 26.4 Å². The van der Waals surface area contributed by atoms with E-state index in [-0.39, 0.29) is 0 Å². The average Bonchev–Trinajstić information content (AvgIpc) is 3.03. The summed E-state index contributed by atoms with van der Waals surface area (Å²) in [7, 11) is -68.4. The van der Waals surface area contributed by atoms with Gasteiger partial charge in [-0.2, -0.15) is 0 Å². The Morgan fingerprint density at radius 3 is 0.435 bits per heavy atom. The summed E-state index contributed by atoms with van der Waals surface area (Å²) in [6, 6.07) is 0. The molecule has 0 N–H and O–H groups in total. The van der Waals surface area contributed by atoms with Crippen LogP contribution in [-0.2, 0) is 105 Å². The van der Waals surface area contributed by atoms with E-state index in [4.69, 9.17) is 14.2 Å². The third-order valence-corrected chi connectivity index (χ3v) is 12.5. The van der Waals surface area contributed by atoms with Gasteiger partial charge in [-0.15, -0.1) is 0 Å². The molecule has 0 spiro atoms. The summed E-state index contributed by atoms with van der Waals surface area (Å²) in [5.74, 6) is 0. The number of hydrogen-bond acceptors (Lipinski definition) is 43. The molecule has 2 saturated carbocycles. The van der Waals surface area contributed by atoms with Crippen LogP contribution in [0.2, 0.25) is 0 Å². The molecule has 0 amide bonds. The van der Waals surface area contributed by atoms with Gasteiger partial charge in [0.1, 0.15) is 73.2 Å². The Hall–Kier alpha value is 0.980. The molecule has 412 valence electrons.